The van der Waals surface area contributed by atoms with E-state index in [1.54, 1.807) is 19.2 Å². The number of amides is 1. The first-order valence-electron chi connectivity index (χ1n) is 8.13. The highest BCUT2D eigenvalue weighted by Crippen LogP contribution is 2.40. The summed E-state index contributed by atoms with van der Waals surface area (Å²) in [5.41, 5.74) is 2.36. The SMILES string of the molecule is COc1ccccc1C(=O)NC1CC(C)(C)Oc2cc(C)ccc21. The van der Waals surface area contributed by atoms with E-state index in [4.69, 9.17) is 9.47 Å². The lowest BCUT2D eigenvalue weighted by Crippen LogP contribution is -2.41. The Morgan fingerprint density at radius 3 is 2.75 bits per heavy atom. The molecule has 2 aromatic rings. The first-order valence-corrected chi connectivity index (χ1v) is 8.13. The molecular formula is C20H23NO3. The fraction of sp³-hybridized carbons (Fsp3) is 0.350. The number of carbonyl (C=O) groups is 1. The molecule has 1 heterocycles. The number of rotatable bonds is 3. The van der Waals surface area contributed by atoms with Crippen LogP contribution in [-0.4, -0.2) is 18.6 Å². The van der Waals surface area contributed by atoms with Crippen LogP contribution in [0.15, 0.2) is 42.5 Å². The second-order valence-electron chi connectivity index (χ2n) is 6.83. The Bertz CT molecular complexity index is 767. The van der Waals surface area contributed by atoms with Crippen molar-refractivity contribution < 1.29 is 14.3 Å². The molecule has 24 heavy (non-hydrogen) atoms. The van der Waals surface area contributed by atoms with Gasteiger partial charge in [-0.25, -0.2) is 0 Å². The number of ether oxygens (including phenoxy) is 2. The zero-order valence-corrected chi connectivity index (χ0v) is 14.6. The van der Waals surface area contributed by atoms with Crippen molar-refractivity contribution in [2.45, 2.75) is 38.8 Å². The van der Waals surface area contributed by atoms with Gasteiger partial charge in [-0.2, -0.15) is 0 Å². The van der Waals surface area contributed by atoms with Crippen LogP contribution in [0.1, 0.15) is 47.8 Å². The Kier molecular flexibility index (Phi) is 4.22. The van der Waals surface area contributed by atoms with Gasteiger partial charge >= 0.3 is 0 Å². The highest BCUT2D eigenvalue weighted by Gasteiger charge is 2.34. The Morgan fingerprint density at radius 2 is 2.00 bits per heavy atom. The zero-order valence-electron chi connectivity index (χ0n) is 14.6. The number of methoxy groups -OCH3 is 1. The molecule has 126 valence electrons. The molecule has 1 aliphatic rings. The molecule has 1 atom stereocenters. The highest BCUT2D eigenvalue weighted by atomic mass is 16.5. The molecule has 2 aromatic carbocycles. The summed E-state index contributed by atoms with van der Waals surface area (Å²) in [6.07, 6.45) is 0.712. The zero-order chi connectivity index (χ0) is 17.3. The van der Waals surface area contributed by atoms with Gasteiger partial charge in [0.2, 0.25) is 0 Å². The van der Waals surface area contributed by atoms with Crippen LogP contribution < -0.4 is 14.8 Å². The van der Waals surface area contributed by atoms with E-state index in [1.165, 1.54) is 0 Å². The summed E-state index contributed by atoms with van der Waals surface area (Å²) in [5, 5.41) is 3.14. The van der Waals surface area contributed by atoms with Crippen LogP contribution in [0.25, 0.3) is 0 Å². The van der Waals surface area contributed by atoms with Gasteiger partial charge < -0.3 is 14.8 Å². The molecule has 0 saturated heterocycles. The molecule has 0 fully saturated rings. The van der Waals surface area contributed by atoms with Gasteiger partial charge in [-0.3, -0.25) is 4.79 Å². The fourth-order valence-corrected chi connectivity index (χ4v) is 3.16. The number of fused-ring (bicyclic) bond motifs is 1. The maximum absolute atomic E-state index is 12.7. The fourth-order valence-electron chi connectivity index (χ4n) is 3.16. The molecule has 3 rings (SSSR count). The summed E-state index contributed by atoms with van der Waals surface area (Å²) >= 11 is 0. The third kappa shape index (κ3) is 3.23. The van der Waals surface area contributed by atoms with Gasteiger partial charge in [0.1, 0.15) is 17.1 Å². The summed E-state index contributed by atoms with van der Waals surface area (Å²) in [4.78, 5) is 12.7. The molecule has 1 aliphatic heterocycles. The number of benzene rings is 2. The van der Waals surface area contributed by atoms with E-state index < -0.39 is 0 Å². The second-order valence-corrected chi connectivity index (χ2v) is 6.83. The van der Waals surface area contributed by atoms with Crippen molar-refractivity contribution in [2.24, 2.45) is 0 Å². The van der Waals surface area contributed by atoms with Crippen LogP contribution in [0, 0.1) is 6.92 Å². The standard InChI is InChI=1S/C20H23NO3/c1-13-9-10-14-16(12-20(2,3)24-18(14)11-13)21-19(22)15-7-5-6-8-17(15)23-4/h5-11,16H,12H2,1-4H3,(H,21,22). The Labute approximate surface area is 142 Å². The van der Waals surface area contributed by atoms with Gasteiger partial charge in [-0.15, -0.1) is 0 Å². The highest BCUT2D eigenvalue weighted by molar-refractivity contribution is 5.97. The van der Waals surface area contributed by atoms with Crippen molar-refractivity contribution in [3.8, 4) is 11.5 Å². The minimum atomic E-state index is -0.334. The first-order chi connectivity index (χ1) is 11.4. The number of aryl methyl sites for hydroxylation is 1. The summed E-state index contributed by atoms with van der Waals surface area (Å²) in [7, 11) is 1.57. The van der Waals surface area contributed by atoms with Crippen molar-refractivity contribution in [2.75, 3.05) is 7.11 Å². The van der Waals surface area contributed by atoms with Crippen molar-refractivity contribution in [3.05, 3.63) is 59.2 Å². The topological polar surface area (TPSA) is 47.6 Å². The molecule has 1 amide bonds. The lowest BCUT2D eigenvalue weighted by Gasteiger charge is -2.38. The third-order valence-corrected chi connectivity index (χ3v) is 4.28. The van der Waals surface area contributed by atoms with Crippen molar-refractivity contribution in [1.82, 2.24) is 5.32 Å². The predicted octanol–water partition coefficient (Wildman–Crippen LogP) is 4.04. The van der Waals surface area contributed by atoms with Gasteiger partial charge in [0.25, 0.3) is 5.91 Å². The average Bonchev–Trinajstić information content (AvgIpc) is 2.53. The number of nitrogens with one attached hydrogen (secondary N) is 1. The maximum atomic E-state index is 12.7. The van der Waals surface area contributed by atoms with Crippen LogP contribution in [0.5, 0.6) is 11.5 Å². The quantitative estimate of drug-likeness (QED) is 0.926. The number of hydrogen-bond acceptors (Lipinski definition) is 3. The maximum Gasteiger partial charge on any atom is 0.255 e. The first kappa shape index (κ1) is 16.4. The van der Waals surface area contributed by atoms with E-state index in [-0.39, 0.29) is 17.6 Å². The summed E-state index contributed by atoms with van der Waals surface area (Å²) in [6, 6.07) is 13.3. The number of hydrogen-bond donors (Lipinski definition) is 1. The van der Waals surface area contributed by atoms with E-state index in [9.17, 15) is 4.79 Å². The summed E-state index contributed by atoms with van der Waals surface area (Å²) < 4.78 is 11.4. The lowest BCUT2D eigenvalue weighted by atomic mass is 9.89. The predicted molar refractivity (Wildman–Crippen MR) is 93.7 cm³/mol. The van der Waals surface area contributed by atoms with Crippen LogP contribution in [0.4, 0.5) is 0 Å². The van der Waals surface area contributed by atoms with Gasteiger partial charge in [0.05, 0.1) is 18.7 Å². The molecule has 0 aliphatic carbocycles. The van der Waals surface area contributed by atoms with Gasteiger partial charge in [-0.1, -0.05) is 24.3 Å². The Balaban J connectivity index is 1.91. The molecule has 0 bridgehead atoms. The molecular weight excluding hydrogens is 302 g/mol. The van der Waals surface area contributed by atoms with E-state index >= 15 is 0 Å². The molecule has 0 saturated carbocycles. The summed E-state index contributed by atoms with van der Waals surface area (Å²) in [6.45, 7) is 6.12. The van der Waals surface area contributed by atoms with E-state index in [1.807, 2.05) is 51.1 Å². The largest absolute Gasteiger partial charge is 0.496 e. The molecule has 0 aromatic heterocycles. The monoisotopic (exact) mass is 325 g/mol. The molecule has 1 unspecified atom stereocenters. The van der Waals surface area contributed by atoms with Crippen molar-refractivity contribution >= 4 is 5.91 Å². The summed E-state index contributed by atoms with van der Waals surface area (Å²) in [5.74, 6) is 1.28. The average molecular weight is 325 g/mol. The normalized spacial score (nSPS) is 18.2. The minimum absolute atomic E-state index is 0.0956. The van der Waals surface area contributed by atoms with Crippen molar-refractivity contribution in [3.63, 3.8) is 0 Å². The van der Waals surface area contributed by atoms with E-state index in [2.05, 4.69) is 5.32 Å². The van der Waals surface area contributed by atoms with Crippen molar-refractivity contribution in [1.29, 1.82) is 0 Å². The van der Waals surface area contributed by atoms with E-state index in [0.29, 0.717) is 17.7 Å². The Morgan fingerprint density at radius 1 is 1.25 bits per heavy atom. The number of para-hydroxylation sites is 1. The smallest absolute Gasteiger partial charge is 0.255 e. The van der Waals surface area contributed by atoms with Gasteiger partial charge in [-0.05, 0) is 44.5 Å². The third-order valence-electron chi connectivity index (χ3n) is 4.28. The Hall–Kier alpha value is -2.49. The van der Waals surface area contributed by atoms with Crippen LogP contribution in [0.2, 0.25) is 0 Å². The minimum Gasteiger partial charge on any atom is -0.496 e. The van der Waals surface area contributed by atoms with Crippen LogP contribution >= 0.6 is 0 Å². The number of carbonyl (C=O) groups excluding carboxylic acids is 1. The van der Waals surface area contributed by atoms with Gasteiger partial charge in [0, 0.05) is 12.0 Å². The molecule has 1 N–H and O–H groups in total. The molecule has 0 radical (unpaired) electrons. The lowest BCUT2D eigenvalue weighted by molar-refractivity contribution is 0.0618. The molecule has 0 spiro atoms. The van der Waals surface area contributed by atoms with Crippen LogP contribution in [-0.2, 0) is 0 Å². The second kappa shape index (κ2) is 6.19. The molecule has 4 heteroatoms. The van der Waals surface area contributed by atoms with E-state index in [0.717, 1.165) is 16.9 Å². The molecule has 4 nitrogen and oxygen atoms in total. The van der Waals surface area contributed by atoms with Crippen LogP contribution in [0.3, 0.4) is 0 Å². The van der Waals surface area contributed by atoms with Gasteiger partial charge in [0.15, 0.2) is 0 Å².